The van der Waals surface area contributed by atoms with Crippen molar-refractivity contribution < 1.29 is 0 Å². The highest BCUT2D eigenvalue weighted by molar-refractivity contribution is 7.98. The molecule has 0 atom stereocenters. The van der Waals surface area contributed by atoms with Crippen molar-refractivity contribution in [2.75, 3.05) is 12.0 Å². The highest BCUT2D eigenvalue weighted by Gasteiger charge is 2.07. The first-order valence-corrected chi connectivity index (χ1v) is 8.71. The summed E-state index contributed by atoms with van der Waals surface area (Å²) in [7, 11) is 0. The van der Waals surface area contributed by atoms with Gasteiger partial charge in [-0.1, -0.05) is 5.57 Å². The SMILES string of the molecule is CSCC/C(C)=C/c1cc(C)cc(-n2c(C)ccc2C)n1. The van der Waals surface area contributed by atoms with Crippen molar-refractivity contribution >= 4 is 17.8 Å². The molecule has 21 heavy (non-hydrogen) atoms. The standard InChI is InChI=1S/C18H24N2S/c1-13(8-9-21-5)10-17-11-14(2)12-18(19-17)20-15(3)6-7-16(20)4/h6-7,10-12H,8-9H2,1-5H3/b13-10+. The molecule has 0 N–H and O–H groups in total. The molecule has 2 aromatic heterocycles. The fourth-order valence-corrected chi connectivity index (χ4v) is 3.01. The van der Waals surface area contributed by atoms with E-state index in [9.17, 15) is 0 Å². The first kappa shape index (κ1) is 15.9. The second-order valence-corrected chi connectivity index (χ2v) is 6.60. The summed E-state index contributed by atoms with van der Waals surface area (Å²) in [4.78, 5) is 4.83. The Kier molecular flexibility index (Phi) is 5.29. The third-order valence-electron chi connectivity index (χ3n) is 3.57. The van der Waals surface area contributed by atoms with Crippen LogP contribution in [-0.4, -0.2) is 21.6 Å². The average molecular weight is 300 g/mol. The molecule has 2 nitrogen and oxygen atoms in total. The molecule has 0 aliphatic carbocycles. The summed E-state index contributed by atoms with van der Waals surface area (Å²) in [6.45, 7) is 8.56. The molecule has 112 valence electrons. The quantitative estimate of drug-likeness (QED) is 0.777. The van der Waals surface area contributed by atoms with Gasteiger partial charge in [-0.25, -0.2) is 4.98 Å². The highest BCUT2D eigenvalue weighted by atomic mass is 32.2. The normalized spacial score (nSPS) is 12.0. The predicted molar refractivity (Wildman–Crippen MR) is 94.4 cm³/mol. The predicted octanol–water partition coefficient (Wildman–Crippen LogP) is 4.95. The van der Waals surface area contributed by atoms with Gasteiger partial charge >= 0.3 is 0 Å². The summed E-state index contributed by atoms with van der Waals surface area (Å²) in [5, 5.41) is 0. The minimum Gasteiger partial charge on any atom is -0.303 e. The summed E-state index contributed by atoms with van der Waals surface area (Å²) in [5.74, 6) is 2.18. The van der Waals surface area contributed by atoms with E-state index in [2.05, 4.69) is 68.9 Å². The molecular formula is C18H24N2S. The summed E-state index contributed by atoms with van der Waals surface area (Å²) in [6.07, 6.45) is 5.47. The molecule has 0 fully saturated rings. The zero-order valence-electron chi connectivity index (χ0n) is 13.6. The van der Waals surface area contributed by atoms with E-state index in [-0.39, 0.29) is 0 Å². The van der Waals surface area contributed by atoms with Crippen molar-refractivity contribution in [3.05, 3.63) is 52.5 Å². The second-order valence-electron chi connectivity index (χ2n) is 5.61. The Morgan fingerprint density at radius 2 is 1.86 bits per heavy atom. The lowest BCUT2D eigenvalue weighted by Crippen LogP contribution is -2.03. The largest absolute Gasteiger partial charge is 0.303 e. The van der Waals surface area contributed by atoms with Crippen LogP contribution in [0.15, 0.2) is 29.8 Å². The Bertz CT molecular complexity index is 634. The van der Waals surface area contributed by atoms with E-state index in [1.807, 2.05) is 11.8 Å². The number of hydrogen-bond donors (Lipinski definition) is 0. The maximum Gasteiger partial charge on any atom is 0.137 e. The van der Waals surface area contributed by atoms with E-state index in [0.29, 0.717) is 0 Å². The number of aryl methyl sites for hydroxylation is 3. The molecule has 0 saturated heterocycles. The zero-order chi connectivity index (χ0) is 15.4. The summed E-state index contributed by atoms with van der Waals surface area (Å²) in [5.41, 5.74) is 6.13. The molecule has 2 rings (SSSR count). The molecule has 0 saturated carbocycles. The fourth-order valence-electron chi connectivity index (χ4n) is 2.48. The Hall–Kier alpha value is -1.48. The monoisotopic (exact) mass is 300 g/mol. The zero-order valence-corrected chi connectivity index (χ0v) is 14.4. The molecular weight excluding hydrogens is 276 g/mol. The van der Waals surface area contributed by atoms with Crippen LogP contribution in [0.4, 0.5) is 0 Å². The Labute approximate surface area is 132 Å². The van der Waals surface area contributed by atoms with E-state index in [4.69, 9.17) is 4.98 Å². The average Bonchev–Trinajstić information content (AvgIpc) is 2.75. The molecule has 0 unspecified atom stereocenters. The molecule has 3 heteroatoms. The molecule has 0 spiro atoms. The number of hydrogen-bond acceptors (Lipinski definition) is 2. The van der Waals surface area contributed by atoms with Gasteiger partial charge in [-0.05, 0) is 82.0 Å². The Morgan fingerprint density at radius 1 is 1.19 bits per heavy atom. The van der Waals surface area contributed by atoms with E-state index in [1.54, 1.807) is 0 Å². The van der Waals surface area contributed by atoms with E-state index < -0.39 is 0 Å². The van der Waals surface area contributed by atoms with Gasteiger partial charge in [-0.15, -0.1) is 0 Å². The molecule has 0 aliphatic heterocycles. The van der Waals surface area contributed by atoms with E-state index in [0.717, 1.165) is 23.7 Å². The highest BCUT2D eigenvalue weighted by Crippen LogP contribution is 2.18. The maximum absolute atomic E-state index is 4.83. The Morgan fingerprint density at radius 3 is 2.48 bits per heavy atom. The first-order chi connectivity index (χ1) is 10.0. The van der Waals surface area contributed by atoms with Gasteiger partial charge in [-0.3, -0.25) is 0 Å². The summed E-state index contributed by atoms with van der Waals surface area (Å²) >= 11 is 1.88. The van der Waals surface area contributed by atoms with Gasteiger partial charge in [0.05, 0.1) is 5.69 Å². The van der Waals surface area contributed by atoms with Crippen LogP contribution in [0.5, 0.6) is 0 Å². The smallest absolute Gasteiger partial charge is 0.137 e. The van der Waals surface area contributed by atoms with Crippen LogP contribution in [0.3, 0.4) is 0 Å². The number of thioether (sulfide) groups is 1. The molecule has 0 radical (unpaired) electrons. The van der Waals surface area contributed by atoms with Gasteiger partial charge in [0.1, 0.15) is 5.82 Å². The van der Waals surface area contributed by atoms with Crippen molar-refractivity contribution in [2.24, 2.45) is 0 Å². The van der Waals surface area contributed by atoms with Crippen LogP contribution in [0.25, 0.3) is 11.9 Å². The van der Waals surface area contributed by atoms with Crippen molar-refractivity contribution in [1.29, 1.82) is 0 Å². The fraction of sp³-hybridized carbons (Fsp3) is 0.389. The van der Waals surface area contributed by atoms with Gasteiger partial charge in [-0.2, -0.15) is 11.8 Å². The van der Waals surface area contributed by atoms with Crippen LogP contribution in [0.1, 0.15) is 36.0 Å². The minimum atomic E-state index is 1.01. The lowest BCUT2D eigenvalue weighted by atomic mass is 10.1. The van der Waals surface area contributed by atoms with E-state index in [1.165, 1.54) is 22.5 Å². The van der Waals surface area contributed by atoms with Gasteiger partial charge in [0, 0.05) is 11.4 Å². The summed E-state index contributed by atoms with van der Waals surface area (Å²) < 4.78 is 2.21. The van der Waals surface area contributed by atoms with Gasteiger partial charge in [0.15, 0.2) is 0 Å². The third-order valence-corrected chi connectivity index (χ3v) is 4.18. The van der Waals surface area contributed by atoms with Gasteiger partial charge < -0.3 is 4.57 Å². The summed E-state index contributed by atoms with van der Waals surface area (Å²) in [6, 6.07) is 8.58. The minimum absolute atomic E-state index is 1.01. The molecule has 0 amide bonds. The lowest BCUT2D eigenvalue weighted by molar-refractivity contribution is 0.916. The number of allylic oxidation sites excluding steroid dienone is 1. The van der Waals surface area contributed by atoms with Crippen LogP contribution < -0.4 is 0 Å². The van der Waals surface area contributed by atoms with Crippen molar-refractivity contribution in [2.45, 2.75) is 34.1 Å². The second kappa shape index (κ2) is 6.99. The number of aromatic nitrogens is 2. The van der Waals surface area contributed by atoms with Gasteiger partial charge in [0.25, 0.3) is 0 Å². The van der Waals surface area contributed by atoms with Crippen LogP contribution in [-0.2, 0) is 0 Å². The molecule has 0 bridgehead atoms. The van der Waals surface area contributed by atoms with Crippen LogP contribution in [0.2, 0.25) is 0 Å². The topological polar surface area (TPSA) is 17.8 Å². The van der Waals surface area contributed by atoms with Crippen molar-refractivity contribution in [1.82, 2.24) is 9.55 Å². The molecule has 2 aromatic rings. The maximum atomic E-state index is 4.83. The number of rotatable bonds is 5. The lowest BCUT2D eigenvalue weighted by Gasteiger charge is -2.11. The van der Waals surface area contributed by atoms with Gasteiger partial charge in [0.2, 0.25) is 0 Å². The van der Waals surface area contributed by atoms with Crippen LogP contribution in [0, 0.1) is 20.8 Å². The molecule has 2 heterocycles. The third kappa shape index (κ3) is 4.01. The van der Waals surface area contributed by atoms with Crippen molar-refractivity contribution in [3.63, 3.8) is 0 Å². The molecule has 0 aliphatic rings. The van der Waals surface area contributed by atoms with E-state index >= 15 is 0 Å². The van der Waals surface area contributed by atoms with Crippen LogP contribution >= 0.6 is 11.8 Å². The molecule has 0 aromatic carbocycles. The van der Waals surface area contributed by atoms with Crippen molar-refractivity contribution in [3.8, 4) is 5.82 Å². The number of nitrogens with zero attached hydrogens (tertiary/aromatic N) is 2. The number of pyridine rings is 1. The Balaban J connectivity index is 2.38. The first-order valence-electron chi connectivity index (χ1n) is 7.31.